The first-order valence-electron chi connectivity index (χ1n) is 11.6. The Bertz CT molecular complexity index is 761. The number of benzene rings is 1. The van der Waals surface area contributed by atoms with Crippen molar-refractivity contribution in [2.75, 3.05) is 0 Å². The summed E-state index contributed by atoms with van der Waals surface area (Å²) in [6.45, 7) is 4.47. The third kappa shape index (κ3) is 8.08. The molecule has 1 aromatic heterocycles. The summed E-state index contributed by atoms with van der Waals surface area (Å²) in [5.41, 5.74) is 3.63. The molecule has 0 spiro atoms. The number of rotatable bonds is 15. The van der Waals surface area contributed by atoms with Crippen LogP contribution in [0.25, 0.3) is 11.0 Å². The Morgan fingerprint density at radius 2 is 1.21 bits per heavy atom. The van der Waals surface area contributed by atoms with Crippen LogP contribution in [0.4, 0.5) is 5.69 Å². The van der Waals surface area contributed by atoms with Crippen molar-refractivity contribution < 1.29 is 4.92 Å². The molecule has 0 radical (unpaired) electrons. The highest BCUT2D eigenvalue weighted by Crippen LogP contribution is 2.22. The van der Waals surface area contributed by atoms with E-state index >= 15 is 0 Å². The minimum absolute atomic E-state index is 0.0842. The van der Waals surface area contributed by atoms with Gasteiger partial charge in [0.05, 0.1) is 27.3 Å². The molecule has 0 atom stereocenters. The van der Waals surface area contributed by atoms with Crippen LogP contribution in [0.15, 0.2) is 18.2 Å². The average Bonchev–Trinajstić information content (AvgIpc) is 2.72. The molecule has 0 aliphatic rings. The fourth-order valence-electron chi connectivity index (χ4n) is 3.78. The van der Waals surface area contributed by atoms with Crippen LogP contribution < -0.4 is 0 Å². The fraction of sp³-hybridized carbons (Fsp3) is 0.667. The van der Waals surface area contributed by atoms with Crippen molar-refractivity contribution in [3.8, 4) is 0 Å². The molecule has 0 fully saturated rings. The van der Waals surface area contributed by atoms with Gasteiger partial charge < -0.3 is 0 Å². The van der Waals surface area contributed by atoms with Gasteiger partial charge >= 0.3 is 0 Å². The molecule has 0 saturated carbocycles. The smallest absolute Gasteiger partial charge is 0.258 e. The molecule has 5 nitrogen and oxygen atoms in total. The zero-order valence-corrected chi connectivity index (χ0v) is 18.3. The molecular weight excluding hydrogens is 362 g/mol. The van der Waals surface area contributed by atoms with Crippen molar-refractivity contribution in [2.45, 2.75) is 104 Å². The van der Waals surface area contributed by atoms with Gasteiger partial charge in [-0.15, -0.1) is 0 Å². The van der Waals surface area contributed by atoms with Crippen LogP contribution in [0.5, 0.6) is 0 Å². The van der Waals surface area contributed by atoms with Gasteiger partial charge in [-0.3, -0.25) is 10.1 Å². The molecule has 29 heavy (non-hydrogen) atoms. The Labute approximate surface area is 175 Å². The van der Waals surface area contributed by atoms with E-state index in [1.165, 1.54) is 70.3 Å². The molecule has 0 amide bonds. The zero-order chi connectivity index (χ0) is 20.9. The second kappa shape index (κ2) is 13.2. The van der Waals surface area contributed by atoms with Gasteiger partial charge in [0.1, 0.15) is 0 Å². The molecule has 160 valence electrons. The summed E-state index contributed by atoms with van der Waals surface area (Å²) in [5.74, 6) is 0. The lowest BCUT2D eigenvalue weighted by Crippen LogP contribution is -2.04. The van der Waals surface area contributed by atoms with E-state index in [2.05, 4.69) is 13.8 Å². The fourth-order valence-corrected chi connectivity index (χ4v) is 3.78. The van der Waals surface area contributed by atoms with Crippen LogP contribution in [-0.4, -0.2) is 14.9 Å². The highest BCUT2D eigenvalue weighted by atomic mass is 16.6. The second-order valence-electron chi connectivity index (χ2n) is 8.08. The number of unbranched alkanes of at least 4 members (excludes halogenated alkanes) is 10. The van der Waals surface area contributed by atoms with Gasteiger partial charge in [0.25, 0.3) is 5.69 Å². The van der Waals surface area contributed by atoms with Gasteiger partial charge in [0.15, 0.2) is 0 Å². The SMILES string of the molecule is CCCCCCCCc1nc2ccc([N+](=O)[O-])cc2nc1CCCCCCCC. The van der Waals surface area contributed by atoms with Gasteiger partial charge in [0.2, 0.25) is 0 Å². The molecule has 0 aliphatic heterocycles. The maximum atomic E-state index is 11.1. The maximum absolute atomic E-state index is 11.1. The summed E-state index contributed by atoms with van der Waals surface area (Å²) in [6, 6.07) is 4.82. The third-order valence-electron chi connectivity index (χ3n) is 5.55. The summed E-state index contributed by atoms with van der Waals surface area (Å²) in [7, 11) is 0. The molecule has 1 aromatic carbocycles. The summed E-state index contributed by atoms with van der Waals surface area (Å²) < 4.78 is 0. The molecule has 2 aromatic rings. The topological polar surface area (TPSA) is 68.9 Å². The Hall–Kier alpha value is -2.04. The number of aryl methyl sites for hydroxylation is 2. The number of hydrogen-bond acceptors (Lipinski definition) is 4. The predicted molar refractivity (Wildman–Crippen MR) is 120 cm³/mol. The number of hydrogen-bond donors (Lipinski definition) is 0. The maximum Gasteiger partial charge on any atom is 0.271 e. The molecule has 2 rings (SSSR count). The van der Waals surface area contributed by atoms with Crippen molar-refractivity contribution in [1.29, 1.82) is 0 Å². The third-order valence-corrected chi connectivity index (χ3v) is 5.55. The van der Waals surface area contributed by atoms with E-state index < -0.39 is 0 Å². The largest absolute Gasteiger partial charge is 0.271 e. The van der Waals surface area contributed by atoms with Crippen molar-refractivity contribution >= 4 is 16.7 Å². The first kappa shape index (κ1) is 23.2. The van der Waals surface area contributed by atoms with Crippen LogP contribution in [0.1, 0.15) is 102 Å². The van der Waals surface area contributed by atoms with E-state index in [0.717, 1.165) is 42.6 Å². The Kier molecular flexibility index (Phi) is 10.6. The highest BCUT2D eigenvalue weighted by molar-refractivity contribution is 5.77. The number of non-ortho nitro benzene ring substituents is 1. The minimum atomic E-state index is -0.362. The first-order valence-corrected chi connectivity index (χ1v) is 11.6. The van der Waals surface area contributed by atoms with Crippen molar-refractivity contribution in [1.82, 2.24) is 9.97 Å². The normalized spacial score (nSPS) is 11.2. The molecule has 5 heteroatoms. The standard InChI is InChI=1S/C24H37N3O2/c1-3-5-7-9-11-13-15-21-22(16-14-12-10-8-6-4-2)26-24-19-20(27(28)29)17-18-23(24)25-21/h17-19H,3-16H2,1-2H3. The van der Waals surface area contributed by atoms with Gasteiger partial charge in [-0.25, -0.2) is 9.97 Å². The van der Waals surface area contributed by atoms with Crippen molar-refractivity contribution in [3.05, 3.63) is 39.7 Å². The Balaban J connectivity index is 2.06. The van der Waals surface area contributed by atoms with Crippen LogP contribution in [0.2, 0.25) is 0 Å². The van der Waals surface area contributed by atoms with Crippen molar-refractivity contribution in [3.63, 3.8) is 0 Å². The molecule has 0 aliphatic carbocycles. The Morgan fingerprint density at radius 1 is 0.724 bits per heavy atom. The van der Waals surface area contributed by atoms with E-state index in [4.69, 9.17) is 9.97 Å². The van der Waals surface area contributed by atoms with Gasteiger partial charge in [0, 0.05) is 12.1 Å². The minimum Gasteiger partial charge on any atom is -0.258 e. The number of nitro benzene ring substituents is 1. The number of fused-ring (bicyclic) bond motifs is 1. The zero-order valence-electron chi connectivity index (χ0n) is 18.3. The lowest BCUT2D eigenvalue weighted by molar-refractivity contribution is -0.384. The number of nitrogens with zero attached hydrogens (tertiary/aromatic N) is 3. The summed E-state index contributed by atoms with van der Waals surface area (Å²) in [4.78, 5) is 20.4. The lowest BCUT2D eigenvalue weighted by atomic mass is 10.0. The highest BCUT2D eigenvalue weighted by Gasteiger charge is 2.12. The quantitative estimate of drug-likeness (QED) is 0.178. The van der Waals surface area contributed by atoms with E-state index in [0.29, 0.717) is 5.52 Å². The molecule has 1 heterocycles. The first-order chi connectivity index (χ1) is 14.2. The predicted octanol–water partition coefficient (Wildman–Crippen LogP) is 7.34. The monoisotopic (exact) mass is 399 g/mol. The van der Waals surface area contributed by atoms with Gasteiger partial charge in [-0.2, -0.15) is 0 Å². The van der Waals surface area contributed by atoms with Crippen molar-refractivity contribution in [2.24, 2.45) is 0 Å². The lowest BCUT2D eigenvalue weighted by Gasteiger charge is -2.10. The second-order valence-corrected chi connectivity index (χ2v) is 8.08. The van der Waals surface area contributed by atoms with E-state index in [1.807, 2.05) is 0 Å². The van der Waals surface area contributed by atoms with E-state index in [9.17, 15) is 10.1 Å². The molecule has 0 N–H and O–H groups in total. The van der Waals surface area contributed by atoms with Crippen LogP contribution in [-0.2, 0) is 12.8 Å². The summed E-state index contributed by atoms with van der Waals surface area (Å²) >= 11 is 0. The van der Waals surface area contributed by atoms with E-state index in [-0.39, 0.29) is 10.6 Å². The average molecular weight is 400 g/mol. The molecule has 0 bridgehead atoms. The van der Waals surface area contributed by atoms with Gasteiger partial charge in [-0.05, 0) is 31.7 Å². The van der Waals surface area contributed by atoms with Crippen LogP contribution in [0, 0.1) is 10.1 Å². The molecular formula is C24H37N3O2. The summed E-state index contributed by atoms with van der Waals surface area (Å²) in [5, 5.41) is 11.1. The Morgan fingerprint density at radius 3 is 1.72 bits per heavy atom. The van der Waals surface area contributed by atoms with Gasteiger partial charge in [-0.1, -0.05) is 78.1 Å². The molecule has 0 unspecified atom stereocenters. The van der Waals surface area contributed by atoms with Crippen LogP contribution in [0.3, 0.4) is 0 Å². The van der Waals surface area contributed by atoms with Crippen LogP contribution >= 0.6 is 0 Å². The summed E-state index contributed by atoms with van der Waals surface area (Å²) in [6.07, 6.45) is 16.9. The van der Waals surface area contributed by atoms with E-state index in [1.54, 1.807) is 12.1 Å². The number of nitro groups is 1. The number of aromatic nitrogens is 2. The molecule has 0 saturated heterocycles.